The first-order chi connectivity index (χ1) is 7.43. The van der Waals surface area contributed by atoms with Gasteiger partial charge in [0.05, 0.1) is 10.9 Å². The molecule has 5 nitrogen and oxygen atoms in total. The van der Waals surface area contributed by atoms with Crippen molar-refractivity contribution in [2.75, 3.05) is 26.2 Å². The van der Waals surface area contributed by atoms with Crippen molar-refractivity contribution in [2.24, 2.45) is 11.7 Å². The van der Waals surface area contributed by atoms with E-state index in [-0.39, 0.29) is 16.8 Å². The van der Waals surface area contributed by atoms with Gasteiger partial charge >= 0.3 is 0 Å². The number of nitrogens with zero attached hydrogens (tertiary/aromatic N) is 2. The molecule has 1 saturated heterocycles. The van der Waals surface area contributed by atoms with Crippen LogP contribution < -0.4 is 5.73 Å². The van der Waals surface area contributed by atoms with Gasteiger partial charge in [0.25, 0.3) is 0 Å². The molecular weight excluding hydrogens is 226 g/mol. The lowest BCUT2D eigenvalue weighted by atomic mass is 10.1. The molecule has 0 aromatic carbocycles. The van der Waals surface area contributed by atoms with E-state index in [9.17, 15) is 9.59 Å². The molecule has 6 heteroatoms. The Balaban J connectivity index is 2.51. The number of amides is 2. The molecule has 0 radical (unpaired) electrons. The fourth-order valence-corrected chi connectivity index (χ4v) is 1.74. The van der Waals surface area contributed by atoms with E-state index >= 15 is 0 Å². The smallest absolute Gasteiger partial charge is 0.232 e. The second kappa shape index (κ2) is 5.25. The Morgan fingerprint density at radius 1 is 1.19 bits per heavy atom. The molecular formula is C10H17N3O2S. The van der Waals surface area contributed by atoms with E-state index in [1.807, 2.05) is 0 Å². The second-order valence-electron chi connectivity index (χ2n) is 3.96. The third-order valence-electron chi connectivity index (χ3n) is 2.83. The minimum absolute atomic E-state index is 0.0456. The first-order valence-corrected chi connectivity index (χ1v) is 5.68. The zero-order valence-electron chi connectivity index (χ0n) is 9.60. The van der Waals surface area contributed by atoms with Crippen LogP contribution in [0.2, 0.25) is 0 Å². The standard InChI is InChI=1S/C10H17N3O2S/c1-7(9(11)16)10(15)13-5-3-12(4-6-13)8(2)14/h7H,3-6H2,1-2H3,(H2,11,16). The van der Waals surface area contributed by atoms with E-state index in [0.29, 0.717) is 26.2 Å². The summed E-state index contributed by atoms with van der Waals surface area (Å²) >= 11 is 4.79. The van der Waals surface area contributed by atoms with Crippen LogP contribution in [0.1, 0.15) is 13.8 Å². The van der Waals surface area contributed by atoms with Gasteiger partial charge in [-0.1, -0.05) is 12.2 Å². The van der Waals surface area contributed by atoms with Crippen LogP contribution in [-0.4, -0.2) is 52.8 Å². The summed E-state index contributed by atoms with van der Waals surface area (Å²) in [7, 11) is 0. The molecule has 1 aliphatic heterocycles. The van der Waals surface area contributed by atoms with Gasteiger partial charge in [-0.25, -0.2) is 0 Å². The average Bonchev–Trinajstić information content (AvgIpc) is 2.27. The summed E-state index contributed by atoms with van der Waals surface area (Å²) in [4.78, 5) is 26.6. The molecule has 2 amide bonds. The molecule has 1 unspecified atom stereocenters. The lowest BCUT2D eigenvalue weighted by Gasteiger charge is -2.35. The van der Waals surface area contributed by atoms with Gasteiger partial charge in [-0.2, -0.15) is 0 Å². The quantitative estimate of drug-likeness (QED) is 0.670. The van der Waals surface area contributed by atoms with E-state index in [1.54, 1.807) is 16.7 Å². The van der Waals surface area contributed by atoms with Crippen LogP contribution in [-0.2, 0) is 9.59 Å². The maximum Gasteiger partial charge on any atom is 0.232 e. The highest BCUT2D eigenvalue weighted by atomic mass is 32.1. The van der Waals surface area contributed by atoms with Gasteiger partial charge in [0, 0.05) is 33.1 Å². The minimum Gasteiger partial charge on any atom is -0.393 e. The van der Waals surface area contributed by atoms with Crippen molar-refractivity contribution >= 4 is 29.0 Å². The van der Waals surface area contributed by atoms with Crippen LogP contribution in [0.15, 0.2) is 0 Å². The Labute approximate surface area is 101 Å². The number of hydrogen-bond donors (Lipinski definition) is 1. The first-order valence-electron chi connectivity index (χ1n) is 5.27. The van der Waals surface area contributed by atoms with Crippen molar-refractivity contribution in [3.63, 3.8) is 0 Å². The Kier molecular flexibility index (Phi) is 4.23. The molecule has 0 spiro atoms. The van der Waals surface area contributed by atoms with Gasteiger partial charge in [0.2, 0.25) is 11.8 Å². The van der Waals surface area contributed by atoms with Gasteiger partial charge in [-0.3, -0.25) is 9.59 Å². The maximum absolute atomic E-state index is 11.9. The molecule has 16 heavy (non-hydrogen) atoms. The van der Waals surface area contributed by atoms with Crippen molar-refractivity contribution < 1.29 is 9.59 Å². The minimum atomic E-state index is -0.418. The van der Waals surface area contributed by atoms with Gasteiger partial charge in [-0.05, 0) is 6.92 Å². The highest BCUT2D eigenvalue weighted by molar-refractivity contribution is 7.80. The summed E-state index contributed by atoms with van der Waals surface area (Å²) < 4.78 is 0. The van der Waals surface area contributed by atoms with Crippen LogP contribution in [0, 0.1) is 5.92 Å². The SMILES string of the molecule is CC(=O)N1CCN(C(=O)C(C)C(N)=S)CC1. The lowest BCUT2D eigenvalue weighted by Crippen LogP contribution is -2.52. The number of piperazine rings is 1. The molecule has 1 heterocycles. The second-order valence-corrected chi connectivity index (χ2v) is 4.43. The summed E-state index contributed by atoms with van der Waals surface area (Å²) in [5.74, 6) is -0.413. The number of hydrogen-bond acceptors (Lipinski definition) is 3. The Morgan fingerprint density at radius 3 is 2.00 bits per heavy atom. The number of carbonyl (C=O) groups is 2. The third kappa shape index (κ3) is 2.91. The van der Waals surface area contributed by atoms with Crippen molar-refractivity contribution in [3.8, 4) is 0 Å². The fraction of sp³-hybridized carbons (Fsp3) is 0.700. The molecule has 1 rings (SSSR count). The van der Waals surface area contributed by atoms with E-state index in [1.165, 1.54) is 6.92 Å². The lowest BCUT2D eigenvalue weighted by molar-refractivity contribution is -0.139. The Hall–Kier alpha value is -1.17. The summed E-state index contributed by atoms with van der Waals surface area (Å²) in [6, 6.07) is 0. The highest BCUT2D eigenvalue weighted by Gasteiger charge is 2.26. The molecule has 90 valence electrons. The molecule has 1 fully saturated rings. The van der Waals surface area contributed by atoms with Crippen LogP contribution in [0.4, 0.5) is 0 Å². The van der Waals surface area contributed by atoms with Gasteiger partial charge in [0.1, 0.15) is 0 Å². The highest BCUT2D eigenvalue weighted by Crippen LogP contribution is 2.08. The number of rotatable bonds is 2. The molecule has 2 N–H and O–H groups in total. The number of thiocarbonyl (C=S) groups is 1. The van der Waals surface area contributed by atoms with E-state index in [4.69, 9.17) is 18.0 Å². The Bertz CT molecular complexity index is 311. The van der Waals surface area contributed by atoms with Crippen LogP contribution in [0.3, 0.4) is 0 Å². The average molecular weight is 243 g/mol. The third-order valence-corrected chi connectivity index (χ3v) is 3.19. The topological polar surface area (TPSA) is 66.6 Å². The maximum atomic E-state index is 11.9. The monoisotopic (exact) mass is 243 g/mol. The largest absolute Gasteiger partial charge is 0.393 e. The van der Waals surface area contributed by atoms with Crippen LogP contribution in [0.25, 0.3) is 0 Å². The van der Waals surface area contributed by atoms with Gasteiger partial charge in [0.15, 0.2) is 0 Å². The molecule has 0 aromatic heterocycles. The molecule has 0 aromatic rings. The molecule has 0 saturated carbocycles. The fourth-order valence-electron chi connectivity index (χ4n) is 1.64. The van der Waals surface area contributed by atoms with Crippen molar-refractivity contribution in [2.45, 2.75) is 13.8 Å². The summed E-state index contributed by atoms with van der Waals surface area (Å²) in [6.07, 6.45) is 0. The van der Waals surface area contributed by atoms with Crippen LogP contribution >= 0.6 is 12.2 Å². The Morgan fingerprint density at radius 2 is 1.62 bits per heavy atom. The van der Waals surface area contributed by atoms with Crippen LogP contribution in [0.5, 0.6) is 0 Å². The van der Waals surface area contributed by atoms with Crippen molar-refractivity contribution in [3.05, 3.63) is 0 Å². The number of nitrogens with two attached hydrogens (primary N) is 1. The molecule has 0 bridgehead atoms. The summed E-state index contributed by atoms with van der Waals surface area (Å²) in [5.41, 5.74) is 5.44. The summed E-state index contributed by atoms with van der Waals surface area (Å²) in [5, 5.41) is 0. The molecule has 1 aliphatic rings. The van der Waals surface area contributed by atoms with Crippen molar-refractivity contribution in [1.29, 1.82) is 0 Å². The normalized spacial score (nSPS) is 18.1. The van der Waals surface area contributed by atoms with E-state index in [2.05, 4.69) is 0 Å². The van der Waals surface area contributed by atoms with E-state index in [0.717, 1.165) is 0 Å². The molecule has 1 atom stereocenters. The van der Waals surface area contributed by atoms with Gasteiger partial charge in [-0.15, -0.1) is 0 Å². The summed E-state index contributed by atoms with van der Waals surface area (Å²) in [6.45, 7) is 5.55. The predicted molar refractivity (Wildman–Crippen MR) is 64.8 cm³/mol. The van der Waals surface area contributed by atoms with Gasteiger partial charge < -0.3 is 15.5 Å². The van der Waals surface area contributed by atoms with E-state index < -0.39 is 5.92 Å². The molecule has 0 aliphatic carbocycles. The number of carbonyl (C=O) groups excluding carboxylic acids is 2. The first kappa shape index (κ1) is 12.9. The predicted octanol–water partition coefficient (Wildman–Crippen LogP) is -0.401. The zero-order valence-corrected chi connectivity index (χ0v) is 10.4. The van der Waals surface area contributed by atoms with Crippen molar-refractivity contribution in [1.82, 2.24) is 9.80 Å². The zero-order chi connectivity index (χ0) is 12.3.